The van der Waals surface area contributed by atoms with E-state index in [0.717, 1.165) is 6.54 Å². The number of nitrogens with one attached hydrogen (secondary N) is 1. The van der Waals surface area contributed by atoms with Crippen molar-refractivity contribution >= 4 is 6.09 Å². The van der Waals surface area contributed by atoms with Gasteiger partial charge in [0.2, 0.25) is 0 Å². The van der Waals surface area contributed by atoms with Crippen LogP contribution < -0.4 is 5.32 Å². The fraction of sp³-hybridized carbons (Fsp3) is 0.947. The SMILES string of the molecule is CC(C)(C)OC(=O)NCC1CC2(CCCCC2)CC2(CC2)C1. The van der Waals surface area contributed by atoms with E-state index in [-0.39, 0.29) is 6.09 Å². The summed E-state index contributed by atoms with van der Waals surface area (Å²) in [5.41, 5.74) is 0.849. The van der Waals surface area contributed by atoms with Crippen molar-refractivity contribution in [1.29, 1.82) is 0 Å². The summed E-state index contributed by atoms with van der Waals surface area (Å²) in [6.07, 6.45) is 13.9. The Bertz CT molecular complexity index is 414. The number of ether oxygens (including phenoxy) is 1. The second kappa shape index (κ2) is 5.72. The smallest absolute Gasteiger partial charge is 0.407 e. The highest BCUT2D eigenvalue weighted by Crippen LogP contribution is 2.65. The summed E-state index contributed by atoms with van der Waals surface area (Å²) in [5, 5.41) is 3.04. The van der Waals surface area contributed by atoms with Gasteiger partial charge in [-0.1, -0.05) is 19.3 Å². The van der Waals surface area contributed by atoms with E-state index in [1.807, 2.05) is 20.8 Å². The van der Waals surface area contributed by atoms with Crippen LogP contribution in [0, 0.1) is 16.7 Å². The molecule has 126 valence electrons. The molecule has 22 heavy (non-hydrogen) atoms. The number of hydrogen-bond donors (Lipinski definition) is 1. The van der Waals surface area contributed by atoms with Crippen LogP contribution in [0.15, 0.2) is 0 Å². The topological polar surface area (TPSA) is 38.3 Å². The van der Waals surface area contributed by atoms with Crippen molar-refractivity contribution in [1.82, 2.24) is 5.32 Å². The highest BCUT2D eigenvalue weighted by molar-refractivity contribution is 5.67. The van der Waals surface area contributed by atoms with Gasteiger partial charge >= 0.3 is 6.09 Å². The van der Waals surface area contributed by atoms with Crippen molar-refractivity contribution in [3.63, 3.8) is 0 Å². The minimum atomic E-state index is -0.404. The van der Waals surface area contributed by atoms with Crippen LogP contribution in [0.3, 0.4) is 0 Å². The zero-order valence-electron chi connectivity index (χ0n) is 14.7. The summed E-state index contributed by atoms with van der Waals surface area (Å²) in [6.45, 7) is 6.56. The highest BCUT2D eigenvalue weighted by atomic mass is 16.6. The van der Waals surface area contributed by atoms with Crippen LogP contribution in [-0.4, -0.2) is 18.2 Å². The minimum Gasteiger partial charge on any atom is -0.444 e. The Labute approximate surface area is 135 Å². The van der Waals surface area contributed by atoms with Gasteiger partial charge in [-0.2, -0.15) is 0 Å². The summed E-state index contributed by atoms with van der Waals surface area (Å²) < 4.78 is 5.38. The monoisotopic (exact) mass is 307 g/mol. The van der Waals surface area contributed by atoms with E-state index in [4.69, 9.17) is 4.74 Å². The van der Waals surface area contributed by atoms with E-state index in [1.165, 1.54) is 64.2 Å². The third kappa shape index (κ3) is 3.97. The Morgan fingerprint density at radius 1 is 1.05 bits per heavy atom. The van der Waals surface area contributed by atoms with Crippen LogP contribution in [0.5, 0.6) is 0 Å². The maximum Gasteiger partial charge on any atom is 0.407 e. The molecule has 3 heteroatoms. The molecule has 0 saturated heterocycles. The summed E-state index contributed by atoms with van der Waals surface area (Å²) in [6, 6.07) is 0. The van der Waals surface area contributed by atoms with Crippen LogP contribution in [-0.2, 0) is 4.74 Å². The molecule has 0 heterocycles. The Morgan fingerprint density at radius 2 is 1.64 bits per heavy atom. The van der Waals surface area contributed by atoms with Gasteiger partial charge in [0.15, 0.2) is 0 Å². The van der Waals surface area contributed by atoms with Gasteiger partial charge in [0.05, 0.1) is 0 Å². The Hall–Kier alpha value is -0.730. The number of alkyl carbamates (subject to hydrolysis) is 1. The number of amides is 1. The van der Waals surface area contributed by atoms with Crippen LogP contribution in [0.4, 0.5) is 4.79 Å². The Morgan fingerprint density at radius 3 is 2.18 bits per heavy atom. The summed E-state index contributed by atoms with van der Waals surface area (Å²) in [7, 11) is 0. The van der Waals surface area contributed by atoms with E-state index in [2.05, 4.69) is 5.32 Å². The van der Waals surface area contributed by atoms with E-state index in [0.29, 0.717) is 16.7 Å². The van der Waals surface area contributed by atoms with Gasteiger partial charge in [0.25, 0.3) is 0 Å². The van der Waals surface area contributed by atoms with E-state index in [1.54, 1.807) is 0 Å². The molecule has 0 radical (unpaired) electrons. The summed E-state index contributed by atoms with van der Waals surface area (Å²) in [4.78, 5) is 11.9. The fourth-order valence-corrected chi connectivity index (χ4v) is 5.16. The molecule has 3 aliphatic rings. The first-order valence-corrected chi connectivity index (χ1v) is 9.27. The standard InChI is InChI=1S/C19H33NO2/c1-17(2,3)22-16(21)20-13-15-11-18(7-5-4-6-8-18)14-19(12-15)9-10-19/h15H,4-14H2,1-3H3,(H,20,21). The first kappa shape index (κ1) is 16.1. The van der Waals surface area contributed by atoms with Crippen molar-refractivity contribution in [2.45, 2.75) is 90.6 Å². The van der Waals surface area contributed by atoms with Crippen molar-refractivity contribution in [2.75, 3.05) is 6.54 Å². The van der Waals surface area contributed by atoms with Gasteiger partial charge < -0.3 is 10.1 Å². The Kier molecular flexibility index (Phi) is 4.20. The van der Waals surface area contributed by atoms with Gasteiger partial charge in [-0.25, -0.2) is 4.79 Å². The zero-order chi connectivity index (χ0) is 15.8. The predicted molar refractivity (Wildman–Crippen MR) is 88.8 cm³/mol. The molecule has 1 amide bonds. The molecule has 3 fully saturated rings. The van der Waals surface area contributed by atoms with Crippen molar-refractivity contribution in [3.8, 4) is 0 Å². The average molecular weight is 307 g/mol. The molecule has 0 aromatic rings. The van der Waals surface area contributed by atoms with Crippen molar-refractivity contribution in [3.05, 3.63) is 0 Å². The predicted octanol–water partition coefficient (Wildman–Crippen LogP) is 5.04. The molecule has 3 rings (SSSR count). The second-order valence-electron chi connectivity index (χ2n) is 9.39. The van der Waals surface area contributed by atoms with Gasteiger partial charge in [-0.15, -0.1) is 0 Å². The van der Waals surface area contributed by atoms with Crippen molar-refractivity contribution in [2.24, 2.45) is 16.7 Å². The Balaban J connectivity index is 1.55. The van der Waals surface area contributed by atoms with E-state index >= 15 is 0 Å². The quantitative estimate of drug-likeness (QED) is 0.776. The normalized spacial score (nSPS) is 29.3. The lowest BCUT2D eigenvalue weighted by Gasteiger charge is -2.47. The number of carbonyl (C=O) groups is 1. The van der Waals surface area contributed by atoms with Gasteiger partial charge in [0.1, 0.15) is 5.60 Å². The molecule has 0 aromatic heterocycles. The first-order valence-electron chi connectivity index (χ1n) is 9.27. The average Bonchev–Trinajstić information content (AvgIpc) is 3.13. The molecule has 0 aromatic carbocycles. The summed E-state index contributed by atoms with van der Waals surface area (Å²) >= 11 is 0. The summed E-state index contributed by atoms with van der Waals surface area (Å²) in [5.74, 6) is 0.655. The molecule has 0 aliphatic heterocycles. The lowest BCUT2D eigenvalue weighted by Crippen LogP contribution is -2.41. The van der Waals surface area contributed by atoms with Crippen LogP contribution in [0.2, 0.25) is 0 Å². The lowest BCUT2D eigenvalue weighted by atomic mass is 9.58. The van der Waals surface area contributed by atoms with Crippen molar-refractivity contribution < 1.29 is 9.53 Å². The largest absolute Gasteiger partial charge is 0.444 e. The maximum absolute atomic E-state index is 11.9. The number of carbonyl (C=O) groups excluding carboxylic acids is 1. The highest BCUT2D eigenvalue weighted by Gasteiger charge is 2.54. The van der Waals surface area contributed by atoms with E-state index < -0.39 is 5.60 Å². The van der Waals surface area contributed by atoms with Gasteiger partial charge in [-0.05, 0) is 82.5 Å². The third-order valence-corrected chi connectivity index (χ3v) is 6.00. The van der Waals surface area contributed by atoms with Crippen LogP contribution in [0.25, 0.3) is 0 Å². The lowest BCUT2D eigenvalue weighted by molar-refractivity contribution is 0.0322. The van der Waals surface area contributed by atoms with Crippen LogP contribution >= 0.6 is 0 Å². The molecule has 3 saturated carbocycles. The second-order valence-corrected chi connectivity index (χ2v) is 9.39. The molecule has 0 bridgehead atoms. The molecular weight excluding hydrogens is 274 g/mol. The fourth-order valence-electron chi connectivity index (χ4n) is 5.16. The molecular formula is C19H33NO2. The molecule has 3 aliphatic carbocycles. The molecule has 1 N–H and O–H groups in total. The maximum atomic E-state index is 11.9. The number of hydrogen-bond acceptors (Lipinski definition) is 2. The third-order valence-electron chi connectivity index (χ3n) is 6.00. The molecule has 1 atom stereocenters. The molecule has 2 spiro atoms. The van der Waals surface area contributed by atoms with Gasteiger partial charge in [-0.3, -0.25) is 0 Å². The van der Waals surface area contributed by atoms with Crippen LogP contribution in [0.1, 0.15) is 85.0 Å². The van der Waals surface area contributed by atoms with E-state index in [9.17, 15) is 4.79 Å². The minimum absolute atomic E-state index is 0.249. The molecule has 1 unspecified atom stereocenters. The molecule has 3 nitrogen and oxygen atoms in total. The first-order chi connectivity index (χ1) is 10.3. The van der Waals surface area contributed by atoms with Gasteiger partial charge in [0, 0.05) is 6.54 Å². The number of rotatable bonds is 2. The zero-order valence-corrected chi connectivity index (χ0v) is 14.7.